The van der Waals surface area contributed by atoms with Crippen molar-refractivity contribution >= 4 is 43.2 Å². The second-order valence-electron chi connectivity index (χ2n) is 4.84. The Bertz CT molecular complexity index is 626. The van der Waals surface area contributed by atoms with Gasteiger partial charge < -0.3 is 10.1 Å². The first-order valence-electron chi connectivity index (χ1n) is 6.54. The Balaban J connectivity index is 1.90. The standard InChI is InChI=1S/C15H15Br2NOS/c1-18-12(13-2-3-14(17)20-13)8-10-7-11(16)6-9-4-5-19-15(9)10/h2-3,6-7,12,18H,4-5,8H2,1H3. The molecule has 1 aliphatic heterocycles. The molecule has 2 aromatic rings. The predicted octanol–water partition coefficient (Wildman–Crippen LogP) is 4.71. The minimum absolute atomic E-state index is 0.314. The summed E-state index contributed by atoms with van der Waals surface area (Å²) in [6.45, 7) is 0.799. The number of thiophene rings is 1. The molecule has 0 saturated heterocycles. The first-order valence-corrected chi connectivity index (χ1v) is 8.94. The van der Waals surface area contributed by atoms with E-state index in [1.807, 2.05) is 7.05 Å². The second kappa shape index (κ2) is 6.18. The molecule has 0 amide bonds. The van der Waals surface area contributed by atoms with Crippen LogP contribution in [0.1, 0.15) is 22.0 Å². The summed E-state index contributed by atoms with van der Waals surface area (Å²) in [5, 5.41) is 3.41. The zero-order chi connectivity index (χ0) is 14.1. The van der Waals surface area contributed by atoms with Gasteiger partial charge in [0.1, 0.15) is 5.75 Å². The van der Waals surface area contributed by atoms with Crippen molar-refractivity contribution in [2.24, 2.45) is 0 Å². The molecule has 3 rings (SSSR count). The maximum atomic E-state index is 5.82. The summed E-state index contributed by atoms with van der Waals surface area (Å²) < 4.78 is 8.12. The van der Waals surface area contributed by atoms with E-state index >= 15 is 0 Å². The van der Waals surface area contributed by atoms with Gasteiger partial charge in [0.15, 0.2) is 0 Å². The molecule has 1 aliphatic rings. The number of hydrogen-bond donors (Lipinski definition) is 1. The molecule has 20 heavy (non-hydrogen) atoms. The lowest BCUT2D eigenvalue weighted by molar-refractivity contribution is 0.352. The maximum absolute atomic E-state index is 5.82. The van der Waals surface area contributed by atoms with Crippen LogP contribution in [0.4, 0.5) is 0 Å². The van der Waals surface area contributed by atoms with Gasteiger partial charge in [0.25, 0.3) is 0 Å². The zero-order valence-corrected chi connectivity index (χ0v) is 15.1. The van der Waals surface area contributed by atoms with Crippen molar-refractivity contribution in [1.29, 1.82) is 0 Å². The van der Waals surface area contributed by atoms with Gasteiger partial charge in [0, 0.05) is 21.8 Å². The molecule has 0 bridgehead atoms. The smallest absolute Gasteiger partial charge is 0.125 e. The van der Waals surface area contributed by atoms with Crippen molar-refractivity contribution in [3.05, 3.63) is 48.5 Å². The highest BCUT2D eigenvalue weighted by molar-refractivity contribution is 9.11. The summed E-state index contributed by atoms with van der Waals surface area (Å²) >= 11 is 8.92. The number of benzene rings is 1. The molecule has 2 heterocycles. The van der Waals surface area contributed by atoms with Gasteiger partial charge in [-0.3, -0.25) is 0 Å². The topological polar surface area (TPSA) is 21.3 Å². The van der Waals surface area contributed by atoms with Crippen LogP contribution in [0.25, 0.3) is 0 Å². The van der Waals surface area contributed by atoms with E-state index < -0.39 is 0 Å². The maximum Gasteiger partial charge on any atom is 0.125 e. The minimum Gasteiger partial charge on any atom is -0.493 e. The van der Waals surface area contributed by atoms with Gasteiger partial charge in [-0.15, -0.1) is 11.3 Å². The summed E-state index contributed by atoms with van der Waals surface area (Å²) in [5.41, 5.74) is 2.59. The third kappa shape index (κ3) is 2.96. The lowest BCUT2D eigenvalue weighted by atomic mass is 10.0. The molecule has 1 aromatic carbocycles. The van der Waals surface area contributed by atoms with Gasteiger partial charge in [-0.1, -0.05) is 15.9 Å². The Hall–Kier alpha value is -0.360. The molecule has 0 aliphatic carbocycles. The van der Waals surface area contributed by atoms with Crippen LogP contribution in [0.15, 0.2) is 32.5 Å². The third-order valence-electron chi connectivity index (χ3n) is 3.54. The highest BCUT2D eigenvalue weighted by Gasteiger charge is 2.21. The Morgan fingerprint density at radius 2 is 2.20 bits per heavy atom. The number of hydrogen-bond acceptors (Lipinski definition) is 3. The summed E-state index contributed by atoms with van der Waals surface area (Å²) in [6.07, 6.45) is 1.95. The molecule has 1 unspecified atom stereocenters. The molecule has 1 N–H and O–H groups in total. The molecular formula is C15H15Br2NOS. The number of fused-ring (bicyclic) bond motifs is 1. The normalized spacial score (nSPS) is 14.9. The van der Waals surface area contributed by atoms with E-state index in [1.165, 1.54) is 19.8 Å². The van der Waals surface area contributed by atoms with Crippen LogP contribution in [-0.4, -0.2) is 13.7 Å². The molecule has 0 saturated carbocycles. The van der Waals surface area contributed by atoms with Gasteiger partial charge in [-0.25, -0.2) is 0 Å². The van der Waals surface area contributed by atoms with E-state index in [4.69, 9.17) is 4.74 Å². The average Bonchev–Trinajstić information content (AvgIpc) is 3.04. The van der Waals surface area contributed by atoms with Crippen LogP contribution in [0, 0.1) is 0 Å². The van der Waals surface area contributed by atoms with E-state index in [-0.39, 0.29) is 0 Å². The molecule has 1 aromatic heterocycles. The third-order valence-corrected chi connectivity index (χ3v) is 5.73. The summed E-state index contributed by atoms with van der Waals surface area (Å²) in [4.78, 5) is 1.34. The minimum atomic E-state index is 0.314. The van der Waals surface area contributed by atoms with Crippen molar-refractivity contribution in [1.82, 2.24) is 5.32 Å². The molecule has 5 heteroatoms. The first kappa shape index (κ1) is 14.6. The van der Waals surface area contributed by atoms with Crippen LogP contribution >= 0.6 is 43.2 Å². The molecule has 0 spiro atoms. The van der Waals surface area contributed by atoms with Gasteiger partial charge in [-0.2, -0.15) is 0 Å². The van der Waals surface area contributed by atoms with Gasteiger partial charge in [0.05, 0.1) is 10.4 Å². The van der Waals surface area contributed by atoms with Crippen LogP contribution in [0.3, 0.4) is 0 Å². The van der Waals surface area contributed by atoms with Crippen LogP contribution in [0.2, 0.25) is 0 Å². The summed E-state index contributed by atoms with van der Waals surface area (Å²) in [7, 11) is 2.01. The fourth-order valence-electron chi connectivity index (χ4n) is 2.58. The predicted molar refractivity (Wildman–Crippen MR) is 90.9 cm³/mol. The van der Waals surface area contributed by atoms with Gasteiger partial charge in [0.2, 0.25) is 0 Å². The van der Waals surface area contributed by atoms with E-state index in [2.05, 4.69) is 61.4 Å². The molecule has 0 fully saturated rings. The number of halogens is 2. The molecule has 0 radical (unpaired) electrons. The van der Waals surface area contributed by atoms with Crippen molar-refractivity contribution in [2.45, 2.75) is 18.9 Å². The Labute approximate surface area is 139 Å². The van der Waals surface area contributed by atoms with Crippen LogP contribution < -0.4 is 10.1 Å². The quantitative estimate of drug-likeness (QED) is 0.778. The Kier molecular flexibility index (Phi) is 4.50. The Morgan fingerprint density at radius 3 is 2.90 bits per heavy atom. The van der Waals surface area contributed by atoms with E-state index in [1.54, 1.807) is 11.3 Å². The van der Waals surface area contributed by atoms with Crippen LogP contribution in [-0.2, 0) is 12.8 Å². The van der Waals surface area contributed by atoms with E-state index in [0.29, 0.717) is 6.04 Å². The van der Waals surface area contributed by atoms with Gasteiger partial charge >= 0.3 is 0 Å². The van der Waals surface area contributed by atoms with Gasteiger partial charge in [-0.05, 0) is 64.8 Å². The monoisotopic (exact) mass is 415 g/mol. The number of rotatable bonds is 4. The SMILES string of the molecule is CNC(Cc1cc(Br)cc2c1OCC2)c1ccc(Br)s1. The zero-order valence-electron chi connectivity index (χ0n) is 11.1. The highest BCUT2D eigenvalue weighted by atomic mass is 79.9. The van der Waals surface area contributed by atoms with E-state index in [9.17, 15) is 0 Å². The van der Waals surface area contributed by atoms with E-state index in [0.717, 1.165) is 29.7 Å². The van der Waals surface area contributed by atoms with Crippen molar-refractivity contribution < 1.29 is 4.74 Å². The number of ether oxygens (including phenoxy) is 1. The number of likely N-dealkylation sites (N-methyl/N-ethyl adjacent to an activating group) is 1. The molecule has 2 nitrogen and oxygen atoms in total. The lowest BCUT2D eigenvalue weighted by Gasteiger charge is -2.17. The first-order chi connectivity index (χ1) is 9.67. The second-order valence-corrected chi connectivity index (χ2v) is 8.25. The summed E-state index contributed by atoms with van der Waals surface area (Å²) in [5.74, 6) is 1.09. The highest BCUT2D eigenvalue weighted by Crippen LogP contribution is 2.36. The molecule has 106 valence electrons. The number of nitrogens with one attached hydrogen (secondary N) is 1. The fraction of sp³-hybridized carbons (Fsp3) is 0.333. The van der Waals surface area contributed by atoms with Crippen molar-refractivity contribution in [2.75, 3.05) is 13.7 Å². The average molecular weight is 417 g/mol. The molecule has 1 atom stereocenters. The van der Waals surface area contributed by atoms with Crippen molar-refractivity contribution in [3.8, 4) is 5.75 Å². The summed E-state index contributed by atoms with van der Waals surface area (Å²) in [6, 6.07) is 8.94. The largest absolute Gasteiger partial charge is 0.493 e. The van der Waals surface area contributed by atoms with Crippen LogP contribution in [0.5, 0.6) is 5.75 Å². The van der Waals surface area contributed by atoms with Crippen molar-refractivity contribution in [3.63, 3.8) is 0 Å². The Morgan fingerprint density at radius 1 is 1.35 bits per heavy atom. The molecular weight excluding hydrogens is 402 g/mol. The lowest BCUT2D eigenvalue weighted by Crippen LogP contribution is -2.18. The fourth-order valence-corrected chi connectivity index (χ4v) is 4.66.